The van der Waals surface area contributed by atoms with Crippen LogP contribution < -0.4 is 4.72 Å². The van der Waals surface area contributed by atoms with Gasteiger partial charge in [-0.05, 0) is 0 Å². The molecule has 1 heterocycles. The molecule has 4 nitrogen and oxygen atoms in total. The summed E-state index contributed by atoms with van der Waals surface area (Å²) in [4.78, 5) is 17.2. The van der Waals surface area contributed by atoms with Gasteiger partial charge in [0.2, 0.25) is 0 Å². The predicted octanol–water partition coefficient (Wildman–Crippen LogP) is 5.13. The number of benzene rings is 2. The predicted molar refractivity (Wildman–Crippen MR) is 137 cm³/mol. The van der Waals surface area contributed by atoms with Gasteiger partial charge in [0.15, 0.2) is 0 Å². The molecule has 1 aromatic heterocycles. The average molecular weight is 554 g/mol. The molecule has 0 saturated carbocycles. The van der Waals surface area contributed by atoms with E-state index in [0.717, 1.165) is 26.3 Å². The van der Waals surface area contributed by atoms with Crippen LogP contribution in [0.25, 0.3) is 20.2 Å². The Kier molecular flexibility index (Phi) is 7.45. The van der Waals surface area contributed by atoms with E-state index in [1.165, 1.54) is 16.5 Å². The number of hydrogen-bond donors (Lipinski definition) is 1. The van der Waals surface area contributed by atoms with Crippen molar-refractivity contribution in [2.45, 2.75) is 19.4 Å². The van der Waals surface area contributed by atoms with E-state index in [1.54, 1.807) is 11.3 Å². The molecule has 0 radical (unpaired) electrons. The summed E-state index contributed by atoms with van der Waals surface area (Å²) in [6, 6.07) is 12.5. The number of rotatable bonds is 7. The van der Waals surface area contributed by atoms with Crippen LogP contribution in [-0.2, 0) is 31.1 Å². The van der Waals surface area contributed by atoms with E-state index < -0.39 is 31.3 Å². The van der Waals surface area contributed by atoms with Crippen molar-refractivity contribution in [1.29, 1.82) is 0 Å². The van der Waals surface area contributed by atoms with Gasteiger partial charge >= 0.3 is 194 Å². The Morgan fingerprint density at radius 1 is 1.23 bits per heavy atom. The number of methoxy groups -OCH3 is 1. The van der Waals surface area contributed by atoms with Crippen LogP contribution in [0.5, 0.6) is 0 Å². The van der Waals surface area contributed by atoms with Gasteiger partial charge in [-0.3, -0.25) is 0 Å². The zero-order valence-electron chi connectivity index (χ0n) is 17.7. The van der Waals surface area contributed by atoms with Crippen molar-refractivity contribution < 1.29 is 13.7 Å². The molecule has 2 aromatic carbocycles. The molecule has 2 atom stereocenters. The molecule has 0 aliphatic rings. The minimum atomic E-state index is -1.28. The van der Waals surface area contributed by atoms with Crippen LogP contribution in [0.15, 0.2) is 36.4 Å². The van der Waals surface area contributed by atoms with Crippen LogP contribution in [0.3, 0.4) is 0 Å². The first-order valence-electron chi connectivity index (χ1n) is 9.33. The van der Waals surface area contributed by atoms with E-state index in [2.05, 4.69) is 50.7 Å². The molecule has 3 rings (SSSR count). The summed E-state index contributed by atoms with van der Waals surface area (Å²) in [5.41, 5.74) is 1.06. The van der Waals surface area contributed by atoms with Crippen molar-refractivity contribution in [1.82, 2.24) is 4.72 Å². The second-order valence-corrected chi connectivity index (χ2v) is 15.0. The molecule has 0 aliphatic heterocycles. The van der Waals surface area contributed by atoms with Crippen molar-refractivity contribution in [3.8, 4) is 11.8 Å². The number of carbonyl (C=O) groups excluding carboxylic acids is 1. The fraction of sp³-hybridized carbons (Fsp3) is 0.348. The fourth-order valence-corrected chi connectivity index (χ4v) is 8.15. The molecule has 0 amide bonds. The van der Waals surface area contributed by atoms with E-state index >= 15 is 0 Å². The molecular weight excluding hydrogens is 529 g/mol. The molecule has 158 valence electrons. The first-order valence-corrected chi connectivity index (χ1v) is 16.7. The third-order valence-electron chi connectivity index (χ3n) is 5.24. The second-order valence-electron chi connectivity index (χ2n) is 7.43. The van der Waals surface area contributed by atoms with Crippen molar-refractivity contribution in [3.63, 3.8) is 0 Å². The molecule has 0 aliphatic carbocycles. The third-order valence-corrected chi connectivity index (χ3v) is 9.54. The number of alkyl halides is 3. The minimum absolute atomic E-state index is 0.277. The number of ether oxygens (including phenoxy) is 1. The summed E-state index contributed by atoms with van der Waals surface area (Å²) in [5.74, 6) is 5.38. The molecule has 7 heteroatoms. The van der Waals surface area contributed by atoms with Crippen molar-refractivity contribution in [3.05, 3.63) is 47.5 Å². The zero-order chi connectivity index (χ0) is 21.9. The van der Waals surface area contributed by atoms with E-state index in [9.17, 15) is 9.00 Å². The van der Waals surface area contributed by atoms with Crippen molar-refractivity contribution in [2.75, 3.05) is 21.4 Å². The van der Waals surface area contributed by atoms with Crippen LogP contribution >= 0.6 is 31.2 Å². The molecule has 1 unspecified atom stereocenters. The Morgan fingerprint density at radius 3 is 2.50 bits per heavy atom. The van der Waals surface area contributed by atoms with Crippen LogP contribution in [0.1, 0.15) is 25.0 Å². The van der Waals surface area contributed by atoms with E-state index in [1.807, 2.05) is 26.0 Å². The van der Waals surface area contributed by atoms with Crippen LogP contribution in [0.4, 0.5) is 0 Å². The third kappa shape index (κ3) is 4.52. The average Bonchev–Trinajstić information content (AvgIpc) is 3.09. The maximum atomic E-state index is 12.7. The molecule has 0 spiro atoms. The Morgan fingerprint density at radius 2 is 1.90 bits per heavy atom. The summed E-state index contributed by atoms with van der Waals surface area (Å²) in [6.45, 7) is 3.76. The summed E-state index contributed by atoms with van der Waals surface area (Å²) < 4.78 is 22.9. The molecule has 30 heavy (non-hydrogen) atoms. The van der Waals surface area contributed by atoms with E-state index in [4.69, 9.17) is 4.74 Å². The van der Waals surface area contributed by atoms with Gasteiger partial charge in [0.05, 0.1) is 0 Å². The Labute approximate surface area is 192 Å². The van der Waals surface area contributed by atoms with Gasteiger partial charge in [-0.15, -0.1) is 0 Å². The Balaban J connectivity index is 2.22. The molecule has 0 saturated heterocycles. The van der Waals surface area contributed by atoms with Crippen LogP contribution in [-0.4, -0.2) is 27.4 Å². The molecule has 0 fully saturated rings. The first kappa shape index (κ1) is 23.1. The summed E-state index contributed by atoms with van der Waals surface area (Å²) >= 11 is 0.752. The Bertz CT molecular complexity index is 1160. The number of nitrogens with one attached hydrogen (secondary N) is 1. The summed E-state index contributed by atoms with van der Waals surface area (Å²) in [6.07, 6.45) is 0. The quantitative estimate of drug-likeness (QED) is 0.110. The van der Waals surface area contributed by atoms with Gasteiger partial charge in [-0.25, -0.2) is 0 Å². The van der Waals surface area contributed by atoms with Crippen molar-refractivity contribution in [2.24, 2.45) is 5.92 Å². The SMILES string of the molecule is CC#Cc1ccc2sc3ccc([C@@](C)(N[S+]=O)C(CI(C)C)C(=O)OC)cc3c2c1. The molecule has 0 bridgehead atoms. The Hall–Kier alpha value is -1.60. The fourth-order valence-electron chi connectivity index (χ4n) is 3.64. The topological polar surface area (TPSA) is 55.4 Å². The monoisotopic (exact) mass is 554 g/mol. The summed E-state index contributed by atoms with van der Waals surface area (Å²) in [5, 5.41) is 2.26. The van der Waals surface area contributed by atoms with Crippen LogP contribution in [0, 0.1) is 17.8 Å². The van der Waals surface area contributed by atoms with E-state index in [0.29, 0.717) is 11.9 Å². The number of thiophene rings is 1. The van der Waals surface area contributed by atoms with Crippen LogP contribution in [0.2, 0.25) is 0 Å². The van der Waals surface area contributed by atoms with E-state index in [-0.39, 0.29) is 5.97 Å². The van der Waals surface area contributed by atoms with Gasteiger partial charge in [0.1, 0.15) is 0 Å². The molecule has 1 N–H and O–H groups in total. The second kappa shape index (κ2) is 9.69. The van der Waals surface area contributed by atoms with Gasteiger partial charge < -0.3 is 0 Å². The van der Waals surface area contributed by atoms with Crippen molar-refractivity contribution >= 4 is 69.2 Å². The van der Waals surface area contributed by atoms with Gasteiger partial charge in [-0.2, -0.15) is 0 Å². The summed E-state index contributed by atoms with van der Waals surface area (Å²) in [7, 11) is 1.41. The number of esters is 1. The van der Waals surface area contributed by atoms with Gasteiger partial charge in [0, 0.05) is 0 Å². The van der Waals surface area contributed by atoms with Gasteiger partial charge in [-0.1, -0.05) is 0 Å². The number of halogens is 1. The number of hydrogen-bond acceptors (Lipinski definition) is 4. The zero-order valence-corrected chi connectivity index (χ0v) is 21.5. The normalized spacial score (nSPS) is 14.5. The molecule has 3 aromatic rings. The first-order chi connectivity index (χ1) is 14.3. The number of carbonyl (C=O) groups is 1. The number of fused-ring (bicyclic) bond motifs is 3. The maximum absolute atomic E-state index is 12.7. The molecular formula is C23H25INO3S2+. The van der Waals surface area contributed by atoms with Gasteiger partial charge in [0.25, 0.3) is 0 Å². The standard InChI is InChI=1S/C23H25INO3S2/c1-6-7-15-8-10-20-17(12-15)18-13-16(9-11-21(18)29-20)23(2,25-30-27)19(14-24(3)4)22(26)28-5/h8-13,19H,14H2,1-5H3,(H,25,27)/q+1/t19?,23-/m1/s1.